The average Bonchev–Trinajstić information content (AvgIpc) is 2.42. The predicted molar refractivity (Wildman–Crippen MR) is 77.4 cm³/mol. The second-order valence-corrected chi connectivity index (χ2v) is 4.81. The van der Waals surface area contributed by atoms with Gasteiger partial charge in [0.25, 0.3) is 0 Å². The van der Waals surface area contributed by atoms with E-state index in [2.05, 4.69) is 0 Å². The molecule has 0 fully saturated rings. The topological polar surface area (TPSA) is 43.4 Å². The highest BCUT2D eigenvalue weighted by Gasteiger charge is 2.14. The summed E-state index contributed by atoms with van der Waals surface area (Å²) in [7, 11) is 0. The number of carbonyl (C=O) groups excluding carboxylic acids is 2. The van der Waals surface area contributed by atoms with Crippen molar-refractivity contribution in [3.8, 4) is 5.75 Å². The van der Waals surface area contributed by atoms with E-state index in [0.29, 0.717) is 16.9 Å². The molecule has 0 saturated carbocycles. The van der Waals surface area contributed by atoms with Crippen LogP contribution >= 0.6 is 0 Å². The van der Waals surface area contributed by atoms with Crippen LogP contribution < -0.4 is 4.74 Å². The summed E-state index contributed by atoms with van der Waals surface area (Å²) >= 11 is 0. The molecule has 20 heavy (non-hydrogen) atoms. The van der Waals surface area contributed by atoms with Crippen LogP contribution in [0, 0.1) is 20.8 Å². The van der Waals surface area contributed by atoms with Crippen LogP contribution in [-0.2, 0) is 0 Å². The first-order valence-corrected chi connectivity index (χ1v) is 6.37. The Kier molecular flexibility index (Phi) is 3.99. The summed E-state index contributed by atoms with van der Waals surface area (Å²) in [6.45, 7) is 5.51. The minimum atomic E-state index is -0.381. The third-order valence-corrected chi connectivity index (χ3v) is 3.18. The first-order chi connectivity index (χ1) is 9.52. The molecule has 0 heterocycles. The molecule has 2 aromatic rings. The number of esters is 1. The minimum Gasteiger partial charge on any atom is -0.422 e. The Labute approximate surface area is 118 Å². The van der Waals surface area contributed by atoms with Gasteiger partial charge in [0.2, 0.25) is 0 Å². The molecule has 0 aliphatic carbocycles. The van der Waals surface area contributed by atoms with Gasteiger partial charge in [0.05, 0.1) is 5.56 Å². The molecule has 2 rings (SSSR count). The number of aldehydes is 1. The summed E-state index contributed by atoms with van der Waals surface area (Å²) < 4.78 is 5.49. The van der Waals surface area contributed by atoms with Crippen LogP contribution in [0.3, 0.4) is 0 Å². The van der Waals surface area contributed by atoms with E-state index in [4.69, 9.17) is 4.74 Å². The van der Waals surface area contributed by atoms with Crippen molar-refractivity contribution in [1.29, 1.82) is 0 Å². The van der Waals surface area contributed by atoms with E-state index in [9.17, 15) is 9.59 Å². The van der Waals surface area contributed by atoms with Crippen molar-refractivity contribution < 1.29 is 14.3 Å². The Morgan fingerprint density at radius 1 is 1.00 bits per heavy atom. The van der Waals surface area contributed by atoms with Gasteiger partial charge in [-0.3, -0.25) is 4.79 Å². The second kappa shape index (κ2) is 5.70. The predicted octanol–water partition coefficient (Wildman–Crippen LogP) is 3.64. The molecular formula is C17H16O3. The van der Waals surface area contributed by atoms with Crippen molar-refractivity contribution >= 4 is 12.3 Å². The number of rotatable bonds is 3. The summed E-state index contributed by atoms with van der Waals surface area (Å²) in [5.74, 6) is 0.136. The molecular weight excluding hydrogens is 252 g/mol. The molecule has 0 N–H and O–H groups in total. The average molecular weight is 268 g/mol. The standard InChI is InChI=1S/C17H16O3/c1-11-6-4-5-7-15(11)17(19)20-16-12(2)8-14(10-18)9-13(16)3/h4-10H,1-3H3. The van der Waals surface area contributed by atoms with Crippen molar-refractivity contribution in [2.24, 2.45) is 0 Å². The highest BCUT2D eigenvalue weighted by atomic mass is 16.5. The molecule has 0 bridgehead atoms. The SMILES string of the molecule is Cc1ccccc1C(=O)Oc1c(C)cc(C=O)cc1C. The van der Waals surface area contributed by atoms with Crippen LogP contribution in [0.2, 0.25) is 0 Å². The number of hydrogen-bond acceptors (Lipinski definition) is 3. The van der Waals surface area contributed by atoms with Gasteiger partial charge >= 0.3 is 5.97 Å². The maximum atomic E-state index is 12.2. The van der Waals surface area contributed by atoms with E-state index >= 15 is 0 Å². The molecule has 102 valence electrons. The van der Waals surface area contributed by atoms with Gasteiger partial charge in [0, 0.05) is 5.56 Å². The Morgan fingerprint density at radius 2 is 1.60 bits per heavy atom. The highest BCUT2D eigenvalue weighted by Crippen LogP contribution is 2.25. The zero-order chi connectivity index (χ0) is 14.7. The van der Waals surface area contributed by atoms with Gasteiger partial charge in [0.15, 0.2) is 0 Å². The van der Waals surface area contributed by atoms with Crippen molar-refractivity contribution in [2.45, 2.75) is 20.8 Å². The van der Waals surface area contributed by atoms with E-state index in [0.717, 1.165) is 23.0 Å². The number of hydrogen-bond donors (Lipinski definition) is 0. The molecule has 0 aliphatic rings. The lowest BCUT2D eigenvalue weighted by Gasteiger charge is -2.12. The van der Waals surface area contributed by atoms with Gasteiger partial charge < -0.3 is 4.74 Å². The lowest BCUT2D eigenvalue weighted by Crippen LogP contribution is -2.12. The number of aryl methyl sites for hydroxylation is 3. The van der Waals surface area contributed by atoms with E-state index in [-0.39, 0.29) is 5.97 Å². The molecule has 3 nitrogen and oxygen atoms in total. The van der Waals surface area contributed by atoms with E-state index in [1.54, 1.807) is 24.3 Å². The Hall–Kier alpha value is -2.42. The van der Waals surface area contributed by atoms with E-state index in [1.807, 2.05) is 32.9 Å². The molecule has 2 aromatic carbocycles. The van der Waals surface area contributed by atoms with Crippen LogP contribution in [0.25, 0.3) is 0 Å². The fourth-order valence-corrected chi connectivity index (χ4v) is 2.16. The van der Waals surface area contributed by atoms with Crippen LogP contribution in [0.1, 0.15) is 37.4 Å². The zero-order valence-corrected chi connectivity index (χ0v) is 11.8. The normalized spacial score (nSPS) is 10.2. The maximum absolute atomic E-state index is 12.2. The first-order valence-electron chi connectivity index (χ1n) is 6.37. The molecule has 0 radical (unpaired) electrons. The van der Waals surface area contributed by atoms with Crippen LogP contribution in [-0.4, -0.2) is 12.3 Å². The highest BCUT2D eigenvalue weighted by molar-refractivity contribution is 5.93. The first kappa shape index (κ1) is 14.0. The minimum absolute atomic E-state index is 0.381. The van der Waals surface area contributed by atoms with Gasteiger partial charge in [-0.2, -0.15) is 0 Å². The Balaban J connectivity index is 2.33. The lowest BCUT2D eigenvalue weighted by molar-refractivity contribution is 0.0731. The van der Waals surface area contributed by atoms with Crippen molar-refractivity contribution in [3.63, 3.8) is 0 Å². The van der Waals surface area contributed by atoms with Crippen LogP contribution in [0.5, 0.6) is 5.75 Å². The second-order valence-electron chi connectivity index (χ2n) is 4.81. The zero-order valence-electron chi connectivity index (χ0n) is 11.8. The molecule has 0 atom stereocenters. The Bertz CT molecular complexity index is 649. The quantitative estimate of drug-likeness (QED) is 0.485. The van der Waals surface area contributed by atoms with Crippen molar-refractivity contribution in [1.82, 2.24) is 0 Å². The third kappa shape index (κ3) is 2.77. The van der Waals surface area contributed by atoms with Crippen molar-refractivity contribution in [2.75, 3.05) is 0 Å². The van der Waals surface area contributed by atoms with Crippen molar-refractivity contribution in [3.05, 3.63) is 64.2 Å². The smallest absolute Gasteiger partial charge is 0.343 e. The van der Waals surface area contributed by atoms with Gasteiger partial charge in [-0.1, -0.05) is 18.2 Å². The third-order valence-electron chi connectivity index (χ3n) is 3.18. The number of carbonyl (C=O) groups is 2. The molecule has 3 heteroatoms. The van der Waals surface area contributed by atoms with Gasteiger partial charge in [0.1, 0.15) is 12.0 Å². The number of benzene rings is 2. The van der Waals surface area contributed by atoms with Crippen LogP contribution in [0.15, 0.2) is 36.4 Å². The molecule has 0 saturated heterocycles. The molecule has 0 spiro atoms. The van der Waals surface area contributed by atoms with Gasteiger partial charge in [-0.05, 0) is 55.7 Å². The summed E-state index contributed by atoms with van der Waals surface area (Å²) in [5, 5.41) is 0. The lowest BCUT2D eigenvalue weighted by atomic mass is 10.1. The Morgan fingerprint density at radius 3 is 2.15 bits per heavy atom. The fraction of sp³-hybridized carbons (Fsp3) is 0.176. The van der Waals surface area contributed by atoms with Crippen LogP contribution in [0.4, 0.5) is 0 Å². The molecule has 0 aliphatic heterocycles. The summed E-state index contributed by atoms with van der Waals surface area (Å²) in [6, 6.07) is 10.7. The summed E-state index contributed by atoms with van der Waals surface area (Å²) in [4.78, 5) is 23.0. The molecule has 0 amide bonds. The monoisotopic (exact) mass is 268 g/mol. The van der Waals surface area contributed by atoms with E-state index < -0.39 is 0 Å². The largest absolute Gasteiger partial charge is 0.422 e. The van der Waals surface area contributed by atoms with E-state index in [1.165, 1.54) is 0 Å². The molecule has 0 unspecified atom stereocenters. The molecule has 0 aromatic heterocycles. The van der Waals surface area contributed by atoms with Gasteiger partial charge in [-0.15, -0.1) is 0 Å². The summed E-state index contributed by atoms with van der Waals surface area (Å²) in [5.41, 5.74) is 3.54. The number of ether oxygens (including phenoxy) is 1. The van der Waals surface area contributed by atoms with Gasteiger partial charge in [-0.25, -0.2) is 4.79 Å². The fourth-order valence-electron chi connectivity index (χ4n) is 2.16. The summed E-state index contributed by atoms with van der Waals surface area (Å²) in [6.07, 6.45) is 0.785. The maximum Gasteiger partial charge on any atom is 0.343 e.